The standard InChI is InChI=1S/C13H23NO3/c1-13(2,3)17-12(16)9-8-11(15)14(4)10-6-5-7-10/h10H,5-9H2,1-4H3. The molecular formula is C13H23NO3. The van der Waals surface area contributed by atoms with Crippen molar-refractivity contribution in [1.82, 2.24) is 4.90 Å². The summed E-state index contributed by atoms with van der Waals surface area (Å²) >= 11 is 0. The second-order valence-electron chi connectivity index (χ2n) is 5.68. The average Bonchev–Trinajstić information content (AvgIpc) is 2.08. The molecule has 0 radical (unpaired) electrons. The Hall–Kier alpha value is -1.06. The molecule has 0 unspecified atom stereocenters. The van der Waals surface area contributed by atoms with Crippen LogP contribution in [0.5, 0.6) is 0 Å². The van der Waals surface area contributed by atoms with Crippen LogP contribution in [0.3, 0.4) is 0 Å². The van der Waals surface area contributed by atoms with Gasteiger partial charge in [-0.15, -0.1) is 0 Å². The van der Waals surface area contributed by atoms with Crippen LogP contribution in [-0.4, -0.2) is 35.5 Å². The van der Waals surface area contributed by atoms with E-state index in [-0.39, 0.29) is 24.7 Å². The maximum atomic E-state index is 11.8. The summed E-state index contributed by atoms with van der Waals surface area (Å²) in [6, 6.07) is 0.390. The normalized spacial score (nSPS) is 16.2. The zero-order chi connectivity index (χ0) is 13.1. The van der Waals surface area contributed by atoms with Gasteiger partial charge in [0, 0.05) is 19.5 Å². The fourth-order valence-corrected chi connectivity index (χ4v) is 1.76. The van der Waals surface area contributed by atoms with Crippen LogP contribution < -0.4 is 0 Å². The number of ether oxygens (including phenoxy) is 1. The van der Waals surface area contributed by atoms with Gasteiger partial charge in [0.2, 0.25) is 5.91 Å². The highest BCUT2D eigenvalue weighted by atomic mass is 16.6. The highest BCUT2D eigenvalue weighted by molar-refractivity contribution is 5.81. The molecule has 0 aromatic carbocycles. The number of carbonyl (C=O) groups excluding carboxylic acids is 2. The molecule has 4 heteroatoms. The van der Waals surface area contributed by atoms with Crippen molar-refractivity contribution < 1.29 is 14.3 Å². The largest absolute Gasteiger partial charge is 0.460 e. The van der Waals surface area contributed by atoms with E-state index < -0.39 is 5.60 Å². The van der Waals surface area contributed by atoms with Gasteiger partial charge in [-0.2, -0.15) is 0 Å². The van der Waals surface area contributed by atoms with Gasteiger partial charge in [0.15, 0.2) is 0 Å². The average molecular weight is 241 g/mol. The third-order valence-corrected chi connectivity index (χ3v) is 2.98. The third-order valence-electron chi connectivity index (χ3n) is 2.98. The maximum Gasteiger partial charge on any atom is 0.306 e. The zero-order valence-electron chi connectivity index (χ0n) is 11.3. The predicted octanol–water partition coefficient (Wildman–Crippen LogP) is 2.12. The smallest absolute Gasteiger partial charge is 0.306 e. The second-order valence-corrected chi connectivity index (χ2v) is 5.68. The Labute approximate surface area is 103 Å². The van der Waals surface area contributed by atoms with E-state index >= 15 is 0 Å². The molecule has 4 nitrogen and oxygen atoms in total. The van der Waals surface area contributed by atoms with Crippen molar-refractivity contribution in [2.45, 2.75) is 64.5 Å². The summed E-state index contributed by atoms with van der Waals surface area (Å²) in [6.45, 7) is 5.48. The lowest BCUT2D eigenvalue weighted by molar-refractivity contribution is -0.156. The number of rotatable bonds is 4. The highest BCUT2D eigenvalue weighted by Gasteiger charge is 2.26. The van der Waals surface area contributed by atoms with Crippen LogP contribution in [0.15, 0.2) is 0 Å². The molecule has 1 amide bonds. The van der Waals surface area contributed by atoms with Crippen LogP contribution in [0.2, 0.25) is 0 Å². The minimum absolute atomic E-state index is 0.0422. The Morgan fingerprint density at radius 3 is 2.24 bits per heavy atom. The molecule has 0 saturated heterocycles. The van der Waals surface area contributed by atoms with E-state index in [1.54, 1.807) is 4.90 Å². The fourth-order valence-electron chi connectivity index (χ4n) is 1.76. The van der Waals surface area contributed by atoms with Crippen molar-refractivity contribution in [3.05, 3.63) is 0 Å². The van der Waals surface area contributed by atoms with Gasteiger partial charge in [0.25, 0.3) is 0 Å². The minimum atomic E-state index is -0.472. The molecule has 0 aromatic rings. The molecule has 0 aromatic heterocycles. The molecule has 0 aliphatic heterocycles. The molecule has 1 aliphatic carbocycles. The summed E-state index contributed by atoms with van der Waals surface area (Å²) < 4.78 is 5.16. The predicted molar refractivity (Wildman–Crippen MR) is 65.5 cm³/mol. The molecule has 1 fully saturated rings. The van der Waals surface area contributed by atoms with Crippen LogP contribution in [0.1, 0.15) is 52.9 Å². The van der Waals surface area contributed by atoms with Gasteiger partial charge in [-0.3, -0.25) is 9.59 Å². The highest BCUT2D eigenvalue weighted by Crippen LogP contribution is 2.24. The lowest BCUT2D eigenvalue weighted by Gasteiger charge is -2.34. The number of amides is 1. The molecule has 0 bridgehead atoms. The molecular weight excluding hydrogens is 218 g/mol. The van der Waals surface area contributed by atoms with Crippen LogP contribution >= 0.6 is 0 Å². The SMILES string of the molecule is CN(C(=O)CCC(=O)OC(C)(C)C)C1CCC1. The summed E-state index contributed by atoms with van der Waals surface area (Å²) in [5, 5.41) is 0. The first kappa shape index (κ1) is 14.0. The number of nitrogens with zero attached hydrogens (tertiary/aromatic N) is 1. The van der Waals surface area contributed by atoms with Crippen molar-refractivity contribution in [2.24, 2.45) is 0 Å². The van der Waals surface area contributed by atoms with Gasteiger partial charge in [-0.05, 0) is 40.0 Å². The Bertz CT molecular complexity index is 290. The Morgan fingerprint density at radius 2 is 1.82 bits per heavy atom. The van der Waals surface area contributed by atoms with E-state index in [4.69, 9.17) is 4.74 Å². The molecule has 1 saturated carbocycles. The van der Waals surface area contributed by atoms with Crippen molar-refractivity contribution in [1.29, 1.82) is 0 Å². The van der Waals surface area contributed by atoms with E-state index in [1.165, 1.54) is 6.42 Å². The van der Waals surface area contributed by atoms with Crippen molar-refractivity contribution in [3.8, 4) is 0 Å². The van der Waals surface area contributed by atoms with Gasteiger partial charge < -0.3 is 9.64 Å². The van der Waals surface area contributed by atoms with E-state index in [0.29, 0.717) is 6.04 Å². The fraction of sp³-hybridized carbons (Fsp3) is 0.846. The molecule has 0 atom stereocenters. The van der Waals surface area contributed by atoms with Gasteiger partial charge in [-0.25, -0.2) is 0 Å². The summed E-state index contributed by atoms with van der Waals surface area (Å²) in [7, 11) is 1.82. The van der Waals surface area contributed by atoms with E-state index in [9.17, 15) is 9.59 Å². The number of carbonyl (C=O) groups is 2. The number of esters is 1. The Morgan fingerprint density at radius 1 is 1.24 bits per heavy atom. The van der Waals surface area contributed by atoms with Crippen molar-refractivity contribution >= 4 is 11.9 Å². The van der Waals surface area contributed by atoms with Gasteiger partial charge in [-0.1, -0.05) is 0 Å². The lowest BCUT2D eigenvalue weighted by atomic mass is 9.91. The van der Waals surface area contributed by atoms with Crippen LogP contribution in [0, 0.1) is 0 Å². The van der Waals surface area contributed by atoms with E-state index in [0.717, 1.165) is 12.8 Å². The van der Waals surface area contributed by atoms with Crippen molar-refractivity contribution in [3.63, 3.8) is 0 Å². The topological polar surface area (TPSA) is 46.6 Å². The van der Waals surface area contributed by atoms with Gasteiger partial charge >= 0.3 is 5.97 Å². The van der Waals surface area contributed by atoms with Gasteiger partial charge in [0.05, 0.1) is 6.42 Å². The quantitative estimate of drug-likeness (QED) is 0.708. The first-order valence-electron chi connectivity index (χ1n) is 6.27. The van der Waals surface area contributed by atoms with Crippen molar-refractivity contribution in [2.75, 3.05) is 7.05 Å². The molecule has 0 spiro atoms. The summed E-state index contributed by atoms with van der Waals surface area (Å²) in [5.74, 6) is -0.256. The minimum Gasteiger partial charge on any atom is -0.460 e. The molecule has 0 heterocycles. The van der Waals surface area contributed by atoms with Crippen LogP contribution in [0.4, 0.5) is 0 Å². The lowest BCUT2D eigenvalue weighted by Crippen LogP contribution is -2.41. The molecule has 1 rings (SSSR count). The number of hydrogen-bond acceptors (Lipinski definition) is 3. The first-order valence-corrected chi connectivity index (χ1v) is 6.27. The summed E-state index contributed by atoms with van der Waals surface area (Å²) in [4.78, 5) is 25.0. The maximum absolute atomic E-state index is 11.8. The van der Waals surface area contributed by atoms with E-state index in [1.807, 2.05) is 27.8 Å². The molecule has 1 aliphatic rings. The van der Waals surface area contributed by atoms with Crippen LogP contribution in [0.25, 0.3) is 0 Å². The van der Waals surface area contributed by atoms with Crippen LogP contribution in [-0.2, 0) is 14.3 Å². The van der Waals surface area contributed by atoms with E-state index in [2.05, 4.69) is 0 Å². The number of hydrogen-bond donors (Lipinski definition) is 0. The third kappa shape index (κ3) is 4.75. The Kier molecular flexibility index (Phi) is 4.54. The summed E-state index contributed by atoms with van der Waals surface area (Å²) in [5.41, 5.74) is -0.472. The molecule has 17 heavy (non-hydrogen) atoms. The molecule has 98 valence electrons. The first-order chi connectivity index (χ1) is 7.79. The Balaban J connectivity index is 2.25. The molecule has 0 N–H and O–H groups in total. The summed E-state index contributed by atoms with van der Waals surface area (Å²) in [6.07, 6.45) is 3.81. The second kappa shape index (κ2) is 5.52. The van der Waals surface area contributed by atoms with Gasteiger partial charge in [0.1, 0.15) is 5.60 Å². The zero-order valence-corrected chi connectivity index (χ0v) is 11.3. The monoisotopic (exact) mass is 241 g/mol.